The molecule has 0 spiro atoms. The molecule has 3 aromatic carbocycles. The van der Waals surface area contributed by atoms with E-state index in [1.807, 2.05) is 55.5 Å². The van der Waals surface area contributed by atoms with Crippen molar-refractivity contribution in [2.24, 2.45) is 11.8 Å². The van der Waals surface area contributed by atoms with Crippen LogP contribution < -0.4 is 5.32 Å². The summed E-state index contributed by atoms with van der Waals surface area (Å²) in [7, 11) is 0. The number of hydrogen-bond donors (Lipinski definition) is 1. The number of benzene rings is 3. The van der Waals surface area contributed by atoms with Crippen LogP contribution in [0.1, 0.15) is 34.7 Å². The van der Waals surface area contributed by atoms with Crippen molar-refractivity contribution >= 4 is 58.2 Å². The van der Waals surface area contributed by atoms with E-state index >= 15 is 0 Å². The number of carbonyl (C=O) groups is 3. The number of carbonyl (C=O) groups excluding carboxylic acids is 3. The SMILES string of the molecule is Cc1ccc(NC(=O)[C@H](C)N2C(=O)[C@@H]3[C@H](C2=O)C2(Cl)c4ccccc4C3(Cl)c3ccccc32)cc1Cl. The first-order valence-electron chi connectivity index (χ1n) is 11.6. The van der Waals surface area contributed by atoms with Gasteiger partial charge in [-0.25, -0.2) is 0 Å². The quantitative estimate of drug-likeness (QED) is 0.350. The van der Waals surface area contributed by atoms with Gasteiger partial charge in [0.25, 0.3) is 0 Å². The Hall–Kier alpha value is -2.86. The molecule has 1 saturated heterocycles. The van der Waals surface area contributed by atoms with Gasteiger partial charge in [0.1, 0.15) is 15.8 Å². The number of imide groups is 1. The fraction of sp³-hybridized carbons (Fsp3) is 0.250. The maximum Gasteiger partial charge on any atom is 0.247 e. The van der Waals surface area contributed by atoms with Crippen LogP contribution in [0.25, 0.3) is 0 Å². The second-order valence-corrected chi connectivity index (χ2v) is 11.2. The van der Waals surface area contributed by atoms with Crippen LogP contribution in [0.15, 0.2) is 66.7 Å². The van der Waals surface area contributed by atoms with Crippen LogP contribution >= 0.6 is 34.8 Å². The lowest BCUT2D eigenvalue weighted by atomic mass is 9.54. The van der Waals surface area contributed by atoms with Gasteiger partial charge >= 0.3 is 0 Å². The normalized spacial score (nSPS) is 28.4. The van der Waals surface area contributed by atoms with E-state index in [4.69, 9.17) is 34.8 Å². The molecule has 0 unspecified atom stereocenters. The van der Waals surface area contributed by atoms with Crippen molar-refractivity contribution in [3.63, 3.8) is 0 Å². The third-order valence-electron chi connectivity index (χ3n) is 7.83. The van der Waals surface area contributed by atoms with E-state index in [2.05, 4.69) is 5.32 Å². The Kier molecular flexibility index (Phi) is 5.11. The van der Waals surface area contributed by atoms with Gasteiger partial charge in [-0.15, -0.1) is 23.2 Å². The highest BCUT2D eigenvalue weighted by atomic mass is 35.5. The topological polar surface area (TPSA) is 66.5 Å². The van der Waals surface area contributed by atoms with Gasteiger partial charge in [-0.3, -0.25) is 19.3 Å². The van der Waals surface area contributed by atoms with Crippen LogP contribution in [-0.4, -0.2) is 28.7 Å². The predicted molar refractivity (Wildman–Crippen MR) is 139 cm³/mol. The fourth-order valence-corrected chi connectivity index (χ4v) is 7.38. The molecule has 1 fully saturated rings. The summed E-state index contributed by atoms with van der Waals surface area (Å²) in [5.74, 6) is -3.40. The molecule has 0 radical (unpaired) electrons. The first-order valence-corrected chi connectivity index (χ1v) is 12.8. The van der Waals surface area contributed by atoms with Crippen molar-refractivity contribution in [2.45, 2.75) is 29.6 Å². The number of aryl methyl sites for hydroxylation is 1. The molecule has 8 heteroatoms. The summed E-state index contributed by atoms with van der Waals surface area (Å²) in [5.41, 5.74) is 4.21. The van der Waals surface area contributed by atoms with E-state index in [1.54, 1.807) is 18.2 Å². The first kappa shape index (κ1) is 23.5. The van der Waals surface area contributed by atoms with E-state index in [-0.39, 0.29) is 0 Å². The zero-order valence-corrected chi connectivity index (χ0v) is 21.7. The number of likely N-dealkylation sites (tertiary alicyclic amines) is 1. The summed E-state index contributed by atoms with van der Waals surface area (Å²) in [5, 5.41) is 3.27. The van der Waals surface area contributed by atoms with Gasteiger partial charge in [-0.2, -0.15) is 0 Å². The molecule has 1 heterocycles. The Balaban J connectivity index is 1.43. The maximum absolute atomic E-state index is 14.0. The summed E-state index contributed by atoms with van der Waals surface area (Å²) in [4.78, 5) is 39.6. The van der Waals surface area contributed by atoms with E-state index in [9.17, 15) is 14.4 Å². The van der Waals surface area contributed by atoms with Gasteiger partial charge in [0, 0.05) is 10.7 Å². The predicted octanol–water partition coefficient (Wildman–Crippen LogP) is 5.57. The second kappa shape index (κ2) is 7.82. The number of nitrogens with one attached hydrogen (secondary N) is 1. The number of anilines is 1. The summed E-state index contributed by atoms with van der Waals surface area (Å²) >= 11 is 21.0. The molecule has 182 valence electrons. The molecule has 3 aliphatic carbocycles. The van der Waals surface area contributed by atoms with Crippen molar-refractivity contribution in [1.29, 1.82) is 0 Å². The van der Waals surface area contributed by atoms with Crippen LogP contribution in [0.3, 0.4) is 0 Å². The Morgan fingerprint density at radius 2 is 1.31 bits per heavy atom. The van der Waals surface area contributed by atoms with E-state index in [1.165, 1.54) is 6.92 Å². The molecule has 2 bridgehead atoms. The van der Waals surface area contributed by atoms with Crippen molar-refractivity contribution in [3.05, 3.63) is 99.6 Å². The average Bonchev–Trinajstić information content (AvgIpc) is 3.15. The molecular weight excluding hydrogens is 519 g/mol. The molecule has 1 N–H and O–H groups in total. The summed E-state index contributed by atoms with van der Waals surface area (Å²) in [6.07, 6.45) is 0. The highest BCUT2D eigenvalue weighted by Gasteiger charge is 2.73. The van der Waals surface area contributed by atoms with E-state index in [0.717, 1.165) is 32.7 Å². The smallest absolute Gasteiger partial charge is 0.247 e. The average molecular weight is 540 g/mol. The fourth-order valence-electron chi connectivity index (χ4n) is 6.10. The lowest BCUT2D eigenvalue weighted by Gasteiger charge is -2.54. The number of amides is 3. The number of alkyl halides is 2. The number of rotatable bonds is 3. The van der Waals surface area contributed by atoms with E-state index < -0.39 is 45.3 Å². The Morgan fingerprint density at radius 3 is 1.72 bits per heavy atom. The maximum atomic E-state index is 14.0. The van der Waals surface area contributed by atoms with Gasteiger partial charge in [0.2, 0.25) is 17.7 Å². The van der Waals surface area contributed by atoms with Crippen molar-refractivity contribution in [3.8, 4) is 0 Å². The summed E-state index contributed by atoms with van der Waals surface area (Å²) < 4.78 is 0. The number of nitrogens with zero attached hydrogens (tertiary/aromatic N) is 1. The van der Waals surface area contributed by atoms with Crippen LogP contribution in [0.5, 0.6) is 0 Å². The molecule has 3 atom stereocenters. The monoisotopic (exact) mass is 538 g/mol. The minimum Gasteiger partial charge on any atom is -0.324 e. The lowest BCUT2D eigenvalue weighted by molar-refractivity contribution is -0.146. The van der Waals surface area contributed by atoms with E-state index in [0.29, 0.717) is 10.7 Å². The molecule has 3 aromatic rings. The van der Waals surface area contributed by atoms with Crippen molar-refractivity contribution in [2.75, 3.05) is 5.32 Å². The first-order chi connectivity index (χ1) is 17.1. The highest BCUT2D eigenvalue weighted by Crippen LogP contribution is 2.69. The third kappa shape index (κ3) is 2.82. The van der Waals surface area contributed by atoms with Crippen LogP contribution in [0.2, 0.25) is 5.02 Å². The Labute approximate surface area is 223 Å². The van der Waals surface area contributed by atoms with Gasteiger partial charge in [0.15, 0.2) is 0 Å². The number of hydrogen-bond acceptors (Lipinski definition) is 3. The van der Waals surface area contributed by atoms with Gasteiger partial charge in [-0.1, -0.05) is 66.2 Å². The van der Waals surface area contributed by atoms with Crippen molar-refractivity contribution in [1.82, 2.24) is 4.90 Å². The molecule has 36 heavy (non-hydrogen) atoms. The zero-order chi connectivity index (χ0) is 25.6. The Bertz CT molecular complexity index is 1360. The molecule has 0 saturated carbocycles. The van der Waals surface area contributed by atoms with Gasteiger partial charge < -0.3 is 5.32 Å². The molecule has 1 aliphatic heterocycles. The summed E-state index contributed by atoms with van der Waals surface area (Å²) in [6.45, 7) is 3.39. The minimum absolute atomic E-state index is 0.474. The molecule has 3 amide bonds. The molecule has 7 rings (SSSR count). The molecule has 4 aliphatic rings. The Morgan fingerprint density at radius 1 is 0.861 bits per heavy atom. The van der Waals surface area contributed by atoms with Gasteiger partial charge in [-0.05, 0) is 53.8 Å². The van der Waals surface area contributed by atoms with Gasteiger partial charge in [0.05, 0.1) is 11.8 Å². The molecule has 5 nitrogen and oxygen atoms in total. The van der Waals surface area contributed by atoms with Crippen LogP contribution in [-0.2, 0) is 24.1 Å². The number of halogens is 3. The molecule has 0 aromatic heterocycles. The minimum atomic E-state index is -1.28. The standard InChI is InChI=1S/C28H21Cl3N2O3/c1-14-11-12-16(13-21(14)29)32-24(34)15(2)33-25(35)22-23(26(33)36)28(31)18-8-4-3-7-17(18)27(22,30)19-9-5-6-10-20(19)28/h3-13,15,22-23H,1-2H3,(H,32,34)/t15-,22-,23+,27?,28?/m0/s1. The van der Waals surface area contributed by atoms with Crippen molar-refractivity contribution < 1.29 is 14.4 Å². The highest BCUT2D eigenvalue weighted by molar-refractivity contribution is 6.36. The lowest BCUT2D eigenvalue weighted by Crippen LogP contribution is -2.57. The van der Waals surface area contributed by atoms with Crippen LogP contribution in [0, 0.1) is 18.8 Å². The molecular formula is C28H21Cl3N2O3. The second-order valence-electron chi connectivity index (χ2n) is 9.65. The van der Waals surface area contributed by atoms with Crippen LogP contribution in [0.4, 0.5) is 5.69 Å². The zero-order valence-electron chi connectivity index (χ0n) is 19.4. The summed E-state index contributed by atoms with van der Waals surface area (Å²) in [6, 6.07) is 18.9. The third-order valence-corrected chi connectivity index (χ3v) is 9.52. The largest absolute Gasteiger partial charge is 0.324 e.